The quantitative estimate of drug-likeness (QED) is 0.735. The van der Waals surface area contributed by atoms with Gasteiger partial charge in [0.1, 0.15) is 0 Å². The Morgan fingerprint density at radius 2 is 2.10 bits per heavy atom. The minimum absolute atomic E-state index is 0.105. The zero-order valence-electron chi connectivity index (χ0n) is 12.2. The van der Waals surface area contributed by atoms with Crippen LogP contribution in [-0.2, 0) is 4.79 Å². The zero-order chi connectivity index (χ0) is 13.9. The summed E-state index contributed by atoms with van der Waals surface area (Å²) in [7, 11) is 0. The normalized spacial score (nSPS) is 50.2. The first kappa shape index (κ1) is 12.8. The van der Waals surface area contributed by atoms with Gasteiger partial charge in [-0.3, -0.25) is 4.79 Å². The molecule has 4 rings (SSSR count). The molecule has 0 aromatic carbocycles. The SMILES string of the molecule is C[C@]12CC[C@H]3[C@@H](C=CC4=CC(=O)CC[C@@H]43)[C@@H]1CC[C@@H]2O. The molecule has 0 aliphatic heterocycles. The molecule has 6 atom stereocenters. The summed E-state index contributed by atoms with van der Waals surface area (Å²) in [4.78, 5) is 11.6. The number of ketones is 1. The third-order valence-corrected chi connectivity index (χ3v) is 6.82. The van der Waals surface area contributed by atoms with Crippen LogP contribution in [0, 0.1) is 29.1 Å². The molecule has 20 heavy (non-hydrogen) atoms. The van der Waals surface area contributed by atoms with E-state index >= 15 is 0 Å². The highest BCUT2D eigenvalue weighted by molar-refractivity contribution is 5.91. The van der Waals surface area contributed by atoms with Gasteiger partial charge in [0, 0.05) is 6.42 Å². The molecule has 0 spiro atoms. The van der Waals surface area contributed by atoms with Crippen molar-refractivity contribution in [2.45, 2.75) is 51.6 Å². The van der Waals surface area contributed by atoms with Gasteiger partial charge >= 0.3 is 0 Å². The zero-order valence-corrected chi connectivity index (χ0v) is 12.2. The molecule has 4 aliphatic carbocycles. The smallest absolute Gasteiger partial charge is 0.155 e. The molecular weight excluding hydrogens is 248 g/mol. The lowest BCUT2D eigenvalue weighted by molar-refractivity contribution is -0.115. The molecule has 2 saturated carbocycles. The van der Waals surface area contributed by atoms with E-state index in [0.29, 0.717) is 29.5 Å². The van der Waals surface area contributed by atoms with Crippen molar-refractivity contribution in [1.82, 2.24) is 0 Å². The van der Waals surface area contributed by atoms with E-state index in [1.165, 1.54) is 18.4 Å². The summed E-state index contributed by atoms with van der Waals surface area (Å²) in [6.45, 7) is 2.30. The molecule has 2 heteroatoms. The lowest BCUT2D eigenvalue weighted by Crippen LogP contribution is -2.46. The first-order valence-electron chi connectivity index (χ1n) is 8.20. The molecule has 0 aromatic heterocycles. The summed E-state index contributed by atoms with van der Waals surface area (Å²) in [5, 5.41) is 10.4. The minimum atomic E-state index is -0.105. The Morgan fingerprint density at radius 1 is 1.25 bits per heavy atom. The van der Waals surface area contributed by atoms with Crippen LogP contribution in [-0.4, -0.2) is 17.0 Å². The van der Waals surface area contributed by atoms with Gasteiger partial charge in [-0.05, 0) is 72.8 Å². The molecular formula is C18H24O2. The summed E-state index contributed by atoms with van der Waals surface area (Å²) in [6.07, 6.45) is 12.7. The second-order valence-electron chi connectivity index (χ2n) is 7.60. The van der Waals surface area contributed by atoms with E-state index in [1.54, 1.807) is 0 Å². The third-order valence-electron chi connectivity index (χ3n) is 6.82. The van der Waals surface area contributed by atoms with Gasteiger partial charge in [-0.2, -0.15) is 0 Å². The van der Waals surface area contributed by atoms with Crippen LogP contribution >= 0.6 is 0 Å². The summed E-state index contributed by atoms with van der Waals surface area (Å²) >= 11 is 0. The first-order chi connectivity index (χ1) is 9.59. The fourth-order valence-corrected chi connectivity index (χ4v) is 5.63. The maximum atomic E-state index is 11.6. The van der Waals surface area contributed by atoms with Crippen molar-refractivity contribution >= 4 is 5.78 Å². The van der Waals surface area contributed by atoms with Crippen LogP contribution in [0.25, 0.3) is 0 Å². The van der Waals surface area contributed by atoms with Crippen LogP contribution in [0.1, 0.15) is 45.4 Å². The van der Waals surface area contributed by atoms with Crippen LogP contribution in [0.2, 0.25) is 0 Å². The summed E-state index contributed by atoms with van der Waals surface area (Å²) in [5.74, 6) is 2.89. The number of carbonyl (C=O) groups is 1. The molecule has 1 N–H and O–H groups in total. The molecule has 108 valence electrons. The van der Waals surface area contributed by atoms with Crippen LogP contribution in [0.3, 0.4) is 0 Å². The summed E-state index contributed by atoms with van der Waals surface area (Å²) < 4.78 is 0. The van der Waals surface area contributed by atoms with E-state index in [-0.39, 0.29) is 11.5 Å². The van der Waals surface area contributed by atoms with Crippen molar-refractivity contribution in [2.24, 2.45) is 29.1 Å². The van der Waals surface area contributed by atoms with Gasteiger partial charge in [-0.15, -0.1) is 0 Å². The van der Waals surface area contributed by atoms with E-state index in [9.17, 15) is 9.90 Å². The number of rotatable bonds is 0. The molecule has 0 aromatic rings. The number of aliphatic hydroxyl groups is 1. The van der Waals surface area contributed by atoms with Crippen molar-refractivity contribution in [2.75, 3.05) is 0 Å². The standard InChI is InChI=1S/C18H24O2/c1-18-9-8-14-13-5-3-12(19)10-11(13)2-4-15(14)16(18)6-7-17(18)20/h2,4,10,13-17,20H,3,5-9H2,1H3/t13-,14+,15+,16-,17-,18-/m0/s1. The Hall–Kier alpha value is -0.890. The van der Waals surface area contributed by atoms with Crippen LogP contribution in [0.5, 0.6) is 0 Å². The number of hydrogen-bond donors (Lipinski definition) is 1. The number of aliphatic hydroxyl groups excluding tert-OH is 1. The molecule has 4 aliphatic rings. The van der Waals surface area contributed by atoms with Crippen molar-refractivity contribution in [3.05, 3.63) is 23.8 Å². The van der Waals surface area contributed by atoms with Gasteiger partial charge in [0.05, 0.1) is 6.10 Å². The maximum absolute atomic E-state index is 11.6. The van der Waals surface area contributed by atoms with Gasteiger partial charge in [0.25, 0.3) is 0 Å². The summed E-state index contributed by atoms with van der Waals surface area (Å²) in [5.41, 5.74) is 1.42. The molecule has 0 unspecified atom stereocenters. The van der Waals surface area contributed by atoms with E-state index in [4.69, 9.17) is 0 Å². The average Bonchev–Trinajstić information content (AvgIpc) is 2.74. The second-order valence-corrected chi connectivity index (χ2v) is 7.60. The highest BCUT2D eigenvalue weighted by Crippen LogP contribution is 2.60. The van der Waals surface area contributed by atoms with Crippen molar-refractivity contribution < 1.29 is 9.90 Å². The maximum Gasteiger partial charge on any atom is 0.155 e. The molecule has 0 amide bonds. The Labute approximate surface area is 120 Å². The first-order valence-corrected chi connectivity index (χ1v) is 8.20. The Kier molecular flexibility index (Phi) is 2.76. The fraction of sp³-hybridized carbons (Fsp3) is 0.722. The van der Waals surface area contributed by atoms with Gasteiger partial charge in [-0.1, -0.05) is 19.1 Å². The third kappa shape index (κ3) is 1.64. The number of allylic oxidation sites excluding steroid dienone is 4. The van der Waals surface area contributed by atoms with E-state index < -0.39 is 0 Å². The molecule has 0 radical (unpaired) electrons. The topological polar surface area (TPSA) is 37.3 Å². The average molecular weight is 272 g/mol. The Bertz CT molecular complexity index is 504. The van der Waals surface area contributed by atoms with Crippen LogP contribution < -0.4 is 0 Å². The van der Waals surface area contributed by atoms with E-state index in [1.807, 2.05) is 6.08 Å². The van der Waals surface area contributed by atoms with Crippen molar-refractivity contribution in [1.29, 1.82) is 0 Å². The predicted molar refractivity (Wildman–Crippen MR) is 78.0 cm³/mol. The monoisotopic (exact) mass is 272 g/mol. The Balaban J connectivity index is 1.69. The summed E-state index contributed by atoms with van der Waals surface area (Å²) in [6, 6.07) is 0. The van der Waals surface area contributed by atoms with E-state index in [0.717, 1.165) is 25.7 Å². The van der Waals surface area contributed by atoms with E-state index in [2.05, 4.69) is 19.1 Å². The van der Waals surface area contributed by atoms with Crippen LogP contribution in [0.4, 0.5) is 0 Å². The molecule has 2 nitrogen and oxygen atoms in total. The molecule has 2 fully saturated rings. The van der Waals surface area contributed by atoms with Gasteiger partial charge in [0.15, 0.2) is 5.78 Å². The second kappa shape index (κ2) is 4.30. The Morgan fingerprint density at radius 3 is 2.95 bits per heavy atom. The molecule has 0 heterocycles. The largest absolute Gasteiger partial charge is 0.393 e. The van der Waals surface area contributed by atoms with Gasteiger partial charge in [0.2, 0.25) is 0 Å². The number of fused-ring (bicyclic) bond motifs is 5. The number of carbonyl (C=O) groups excluding carboxylic acids is 1. The van der Waals surface area contributed by atoms with Gasteiger partial charge in [-0.25, -0.2) is 0 Å². The highest BCUT2D eigenvalue weighted by Gasteiger charge is 2.54. The van der Waals surface area contributed by atoms with Crippen LogP contribution in [0.15, 0.2) is 23.8 Å². The predicted octanol–water partition coefficient (Wildman–Crippen LogP) is 3.27. The van der Waals surface area contributed by atoms with Gasteiger partial charge < -0.3 is 5.11 Å². The number of hydrogen-bond acceptors (Lipinski definition) is 2. The lowest BCUT2D eigenvalue weighted by atomic mass is 9.54. The minimum Gasteiger partial charge on any atom is -0.393 e. The fourth-order valence-electron chi connectivity index (χ4n) is 5.63. The molecule has 0 saturated heterocycles. The molecule has 0 bridgehead atoms. The van der Waals surface area contributed by atoms with Crippen molar-refractivity contribution in [3.8, 4) is 0 Å². The van der Waals surface area contributed by atoms with Crippen molar-refractivity contribution in [3.63, 3.8) is 0 Å². The highest BCUT2D eigenvalue weighted by atomic mass is 16.3. The lowest BCUT2D eigenvalue weighted by Gasteiger charge is -2.51.